The third-order valence-corrected chi connectivity index (χ3v) is 4.33. The lowest BCUT2D eigenvalue weighted by atomic mass is 10.0. The van der Waals surface area contributed by atoms with Gasteiger partial charge in [-0.25, -0.2) is 4.98 Å². The Morgan fingerprint density at radius 1 is 1.27 bits per heavy atom. The van der Waals surface area contributed by atoms with Crippen LogP contribution in [0.25, 0.3) is 16.8 Å². The van der Waals surface area contributed by atoms with Crippen LogP contribution in [0.3, 0.4) is 0 Å². The van der Waals surface area contributed by atoms with Crippen molar-refractivity contribution in [2.24, 2.45) is 0 Å². The quantitative estimate of drug-likeness (QED) is 0.595. The molecule has 0 unspecified atom stereocenters. The smallest absolute Gasteiger partial charge is 0.255 e. The highest BCUT2D eigenvalue weighted by Crippen LogP contribution is 2.25. The van der Waals surface area contributed by atoms with Crippen molar-refractivity contribution in [3.63, 3.8) is 0 Å². The number of carbonyl (C=O) groups is 1. The summed E-state index contributed by atoms with van der Waals surface area (Å²) in [6.07, 6.45) is 8.92. The van der Waals surface area contributed by atoms with Gasteiger partial charge < -0.3 is 9.72 Å². The van der Waals surface area contributed by atoms with Crippen molar-refractivity contribution in [3.8, 4) is 11.1 Å². The second kappa shape index (κ2) is 6.44. The maximum atomic E-state index is 12.6. The van der Waals surface area contributed by atoms with E-state index in [2.05, 4.69) is 25.5 Å². The molecule has 0 aromatic carbocycles. The standard InChI is InChI=1S/C19H18N6O/c1-12-17(13(2)24-23-12)15-8-14(9-20-11-15)10-22-19(26)16-4-3-6-25-7-5-21-18(16)25/h3-9,11H,10H2,1-2H3,(H,22,26)(H,23,24). The van der Waals surface area contributed by atoms with Crippen LogP contribution in [0.5, 0.6) is 0 Å². The Labute approximate surface area is 150 Å². The van der Waals surface area contributed by atoms with E-state index in [1.165, 1.54) is 0 Å². The summed E-state index contributed by atoms with van der Waals surface area (Å²) < 4.78 is 1.82. The minimum Gasteiger partial charge on any atom is -0.348 e. The number of nitrogens with one attached hydrogen (secondary N) is 2. The molecule has 7 heteroatoms. The Hall–Kier alpha value is -3.48. The molecule has 0 atom stereocenters. The van der Waals surface area contributed by atoms with Crippen molar-refractivity contribution < 1.29 is 4.79 Å². The van der Waals surface area contributed by atoms with Crippen molar-refractivity contribution in [2.45, 2.75) is 20.4 Å². The summed E-state index contributed by atoms with van der Waals surface area (Å²) in [5.41, 5.74) is 6.06. The molecular formula is C19H18N6O. The molecule has 4 heterocycles. The summed E-state index contributed by atoms with van der Waals surface area (Å²) in [4.78, 5) is 21.1. The lowest BCUT2D eigenvalue weighted by Crippen LogP contribution is -2.23. The van der Waals surface area contributed by atoms with E-state index in [0.717, 1.165) is 28.1 Å². The minimum atomic E-state index is -0.164. The monoisotopic (exact) mass is 346 g/mol. The lowest BCUT2D eigenvalue weighted by molar-refractivity contribution is 0.0952. The number of nitrogens with zero attached hydrogens (tertiary/aromatic N) is 4. The molecule has 4 rings (SSSR count). The second-order valence-corrected chi connectivity index (χ2v) is 6.15. The SMILES string of the molecule is Cc1n[nH]c(C)c1-c1cncc(CNC(=O)c2cccn3ccnc23)c1. The van der Waals surface area contributed by atoms with Crippen LogP contribution in [0.15, 0.2) is 49.2 Å². The van der Waals surface area contributed by atoms with Crippen LogP contribution in [0.2, 0.25) is 0 Å². The largest absolute Gasteiger partial charge is 0.348 e. The van der Waals surface area contributed by atoms with Crippen molar-refractivity contribution in [2.75, 3.05) is 0 Å². The average molecular weight is 346 g/mol. The fourth-order valence-electron chi connectivity index (χ4n) is 3.10. The van der Waals surface area contributed by atoms with Gasteiger partial charge in [0.2, 0.25) is 0 Å². The number of aromatic nitrogens is 5. The molecule has 7 nitrogen and oxygen atoms in total. The fraction of sp³-hybridized carbons (Fsp3) is 0.158. The highest BCUT2D eigenvalue weighted by molar-refractivity contribution is 5.99. The van der Waals surface area contributed by atoms with Gasteiger partial charge >= 0.3 is 0 Å². The normalized spacial score (nSPS) is 11.0. The molecule has 2 N–H and O–H groups in total. The highest BCUT2D eigenvalue weighted by Gasteiger charge is 2.13. The predicted molar refractivity (Wildman–Crippen MR) is 97.7 cm³/mol. The molecule has 0 spiro atoms. The van der Waals surface area contributed by atoms with Gasteiger partial charge in [-0.1, -0.05) is 0 Å². The number of amides is 1. The van der Waals surface area contributed by atoms with E-state index in [-0.39, 0.29) is 5.91 Å². The molecule has 0 saturated carbocycles. The summed E-state index contributed by atoms with van der Waals surface area (Å²) in [7, 11) is 0. The van der Waals surface area contributed by atoms with E-state index < -0.39 is 0 Å². The number of rotatable bonds is 4. The van der Waals surface area contributed by atoms with Gasteiger partial charge in [-0.2, -0.15) is 5.10 Å². The first kappa shape index (κ1) is 16.0. The third kappa shape index (κ3) is 2.83. The molecule has 0 radical (unpaired) electrons. The van der Waals surface area contributed by atoms with Crippen LogP contribution in [-0.4, -0.2) is 30.5 Å². The summed E-state index contributed by atoms with van der Waals surface area (Å²) in [6, 6.07) is 5.62. The Balaban J connectivity index is 1.54. The topological polar surface area (TPSA) is 88.0 Å². The molecule has 0 aliphatic heterocycles. The lowest BCUT2D eigenvalue weighted by Gasteiger charge is -2.08. The Morgan fingerprint density at radius 2 is 2.15 bits per heavy atom. The number of aromatic amines is 1. The first-order chi connectivity index (χ1) is 12.6. The van der Waals surface area contributed by atoms with Gasteiger partial charge in [0.1, 0.15) is 5.65 Å². The molecule has 130 valence electrons. The Morgan fingerprint density at radius 3 is 2.96 bits per heavy atom. The number of H-pyrrole nitrogens is 1. The van der Waals surface area contributed by atoms with E-state index in [4.69, 9.17) is 0 Å². The molecule has 4 aromatic heterocycles. The zero-order valence-corrected chi connectivity index (χ0v) is 14.5. The van der Waals surface area contributed by atoms with E-state index in [0.29, 0.717) is 17.8 Å². The highest BCUT2D eigenvalue weighted by atomic mass is 16.1. The summed E-state index contributed by atoms with van der Waals surface area (Å²) in [6.45, 7) is 4.32. The predicted octanol–water partition coefficient (Wildman–Crippen LogP) is 2.67. The van der Waals surface area contributed by atoms with Crippen LogP contribution in [-0.2, 0) is 6.54 Å². The molecule has 0 bridgehead atoms. The minimum absolute atomic E-state index is 0.164. The van der Waals surface area contributed by atoms with Crippen LogP contribution in [0.1, 0.15) is 27.3 Å². The van der Waals surface area contributed by atoms with Gasteiger partial charge in [0.15, 0.2) is 0 Å². The zero-order valence-electron chi connectivity index (χ0n) is 14.5. The Kier molecular flexibility index (Phi) is 3.96. The van der Waals surface area contributed by atoms with Gasteiger partial charge in [-0.05, 0) is 37.6 Å². The molecular weight excluding hydrogens is 328 g/mol. The number of carbonyl (C=O) groups excluding carboxylic acids is 1. The molecule has 0 aliphatic rings. The van der Waals surface area contributed by atoms with E-state index >= 15 is 0 Å². The van der Waals surface area contributed by atoms with Crippen molar-refractivity contribution in [1.82, 2.24) is 29.9 Å². The maximum Gasteiger partial charge on any atom is 0.255 e. The van der Waals surface area contributed by atoms with E-state index in [1.54, 1.807) is 24.7 Å². The van der Waals surface area contributed by atoms with E-state index in [9.17, 15) is 4.79 Å². The van der Waals surface area contributed by atoms with Crippen molar-refractivity contribution in [1.29, 1.82) is 0 Å². The molecule has 0 fully saturated rings. The number of aryl methyl sites for hydroxylation is 2. The van der Waals surface area contributed by atoms with Crippen LogP contribution < -0.4 is 5.32 Å². The zero-order chi connectivity index (χ0) is 18.1. The van der Waals surface area contributed by atoms with Crippen molar-refractivity contribution in [3.05, 3.63) is 71.7 Å². The Bertz CT molecular complexity index is 1070. The summed E-state index contributed by atoms with van der Waals surface area (Å²) in [5.74, 6) is -0.164. The number of imidazole rings is 1. The van der Waals surface area contributed by atoms with Crippen LogP contribution in [0.4, 0.5) is 0 Å². The average Bonchev–Trinajstić information content (AvgIpc) is 3.26. The van der Waals surface area contributed by atoms with Gasteiger partial charge in [0, 0.05) is 54.3 Å². The first-order valence-electron chi connectivity index (χ1n) is 8.29. The second-order valence-electron chi connectivity index (χ2n) is 6.15. The first-order valence-corrected chi connectivity index (χ1v) is 8.29. The third-order valence-electron chi connectivity index (χ3n) is 4.33. The fourth-order valence-corrected chi connectivity index (χ4v) is 3.10. The van der Waals surface area contributed by atoms with Gasteiger partial charge in [0.05, 0.1) is 11.3 Å². The van der Waals surface area contributed by atoms with Gasteiger partial charge in [-0.15, -0.1) is 0 Å². The maximum absolute atomic E-state index is 12.6. The van der Waals surface area contributed by atoms with Crippen molar-refractivity contribution >= 4 is 11.6 Å². The number of hydrogen-bond acceptors (Lipinski definition) is 4. The molecule has 1 amide bonds. The van der Waals surface area contributed by atoms with Gasteiger partial charge in [0.25, 0.3) is 5.91 Å². The molecule has 0 aliphatic carbocycles. The van der Waals surface area contributed by atoms with E-state index in [1.807, 2.05) is 42.8 Å². The van der Waals surface area contributed by atoms with Gasteiger partial charge in [-0.3, -0.25) is 14.9 Å². The number of fused-ring (bicyclic) bond motifs is 1. The summed E-state index contributed by atoms with van der Waals surface area (Å²) in [5, 5.41) is 10.2. The summed E-state index contributed by atoms with van der Waals surface area (Å²) >= 11 is 0. The van der Waals surface area contributed by atoms with Crippen LogP contribution in [0, 0.1) is 13.8 Å². The van der Waals surface area contributed by atoms with Crippen LogP contribution >= 0.6 is 0 Å². The molecule has 0 saturated heterocycles. The number of pyridine rings is 2. The molecule has 4 aromatic rings. The molecule has 26 heavy (non-hydrogen) atoms. The number of hydrogen-bond donors (Lipinski definition) is 2.